The number of nitrogens with zero attached hydrogens (tertiary/aromatic N) is 2. The molecule has 6 heteroatoms. The number of hydrogen-bond donors (Lipinski definition) is 1. The van der Waals surface area contributed by atoms with Crippen molar-refractivity contribution in [2.75, 3.05) is 32.4 Å². The largest absolute Gasteiger partial charge is 0.357 e. The molecule has 0 aromatic heterocycles. The second kappa shape index (κ2) is 7.36. The molecular weight excluding hydrogens is 334 g/mol. The Hall–Kier alpha value is -1.56. The third-order valence-corrected chi connectivity index (χ3v) is 6.63. The summed E-state index contributed by atoms with van der Waals surface area (Å²) in [5.41, 5.74) is 1.68. The Balaban J connectivity index is 1.58. The molecule has 1 aliphatic carbocycles. The van der Waals surface area contributed by atoms with Crippen molar-refractivity contribution in [1.82, 2.24) is 10.2 Å². The lowest BCUT2D eigenvalue weighted by Crippen LogP contribution is -2.42. The first-order valence-electron chi connectivity index (χ1n) is 9.24. The molecule has 1 aromatic carbocycles. The highest BCUT2D eigenvalue weighted by molar-refractivity contribution is 7.90. The van der Waals surface area contributed by atoms with Crippen LogP contribution in [-0.2, 0) is 16.3 Å². The summed E-state index contributed by atoms with van der Waals surface area (Å²) in [7, 11) is -3.12. The van der Waals surface area contributed by atoms with E-state index in [4.69, 9.17) is 4.99 Å². The van der Waals surface area contributed by atoms with Crippen LogP contribution in [0.25, 0.3) is 0 Å². The molecule has 0 bridgehead atoms. The highest BCUT2D eigenvalue weighted by Gasteiger charge is 2.43. The van der Waals surface area contributed by atoms with Crippen LogP contribution in [0.1, 0.15) is 38.2 Å². The quantitative estimate of drug-likeness (QED) is 0.645. The molecule has 1 aromatic rings. The van der Waals surface area contributed by atoms with Gasteiger partial charge in [0, 0.05) is 32.4 Å². The number of guanidine groups is 1. The molecule has 0 amide bonds. The lowest BCUT2D eigenvalue weighted by Gasteiger charge is -2.38. The van der Waals surface area contributed by atoms with Gasteiger partial charge < -0.3 is 10.2 Å². The molecule has 138 valence electrons. The van der Waals surface area contributed by atoms with E-state index in [1.807, 2.05) is 12.1 Å². The Kier molecular flexibility index (Phi) is 5.37. The highest BCUT2D eigenvalue weighted by Crippen LogP contribution is 2.47. The van der Waals surface area contributed by atoms with E-state index in [0.717, 1.165) is 37.6 Å². The first kappa shape index (κ1) is 18.2. The zero-order chi connectivity index (χ0) is 17.9. The fourth-order valence-electron chi connectivity index (χ4n) is 3.82. The van der Waals surface area contributed by atoms with Gasteiger partial charge in [-0.2, -0.15) is 0 Å². The van der Waals surface area contributed by atoms with Gasteiger partial charge in [0.2, 0.25) is 0 Å². The van der Waals surface area contributed by atoms with Gasteiger partial charge in [0.1, 0.15) is 0 Å². The number of benzene rings is 1. The summed E-state index contributed by atoms with van der Waals surface area (Å²) in [4.78, 5) is 7.58. The number of likely N-dealkylation sites (tertiary alicyclic amines) is 1. The lowest BCUT2D eigenvalue weighted by atomic mass is 9.68. The molecule has 1 saturated heterocycles. The van der Waals surface area contributed by atoms with Crippen molar-refractivity contribution in [3.05, 3.63) is 29.8 Å². The Morgan fingerprint density at radius 3 is 2.48 bits per heavy atom. The highest BCUT2D eigenvalue weighted by atomic mass is 32.2. The first-order valence-corrected chi connectivity index (χ1v) is 11.1. The summed E-state index contributed by atoms with van der Waals surface area (Å²) in [5.74, 6) is 1.03. The normalized spacial score (nSPS) is 19.9. The number of sulfone groups is 1. The van der Waals surface area contributed by atoms with E-state index in [1.54, 1.807) is 12.1 Å². The fraction of sp³-hybridized carbons (Fsp3) is 0.632. The predicted molar refractivity (Wildman–Crippen MR) is 102 cm³/mol. The van der Waals surface area contributed by atoms with Crippen LogP contribution in [-0.4, -0.2) is 51.7 Å². The van der Waals surface area contributed by atoms with Crippen LogP contribution in [0, 0.1) is 5.41 Å². The molecule has 1 saturated carbocycles. The SMILES string of the molecule is CCNC(=NCCc1ccc(S(C)(=O)=O)cc1)N1CCC2(CCC2)C1. The molecule has 0 radical (unpaired) electrons. The third-order valence-electron chi connectivity index (χ3n) is 5.50. The van der Waals surface area contributed by atoms with E-state index >= 15 is 0 Å². The van der Waals surface area contributed by atoms with Crippen LogP contribution in [0.5, 0.6) is 0 Å². The molecule has 25 heavy (non-hydrogen) atoms. The second-order valence-corrected chi connectivity index (χ2v) is 9.44. The van der Waals surface area contributed by atoms with Gasteiger partial charge in [-0.25, -0.2) is 8.42 Å². The van der Waals surface area contributed by atoms with Gasteiger partial charge in [-0.1, -0.05) is 18.6 Å². The van der Waals surface area contributed by atoms with Crippen molar-refractivity contribution >= 4 is 15.8 Å². The van der Waals surface area contributed by atoms with Crippen LogP contribution >= 0.6 is 0 Å². The molecule has 0 atom stereocenters. The van der Waals surface area contributed by atoms with Crippen LogP contribution in [0.15, 0.2) is 34.2 Å². The molecular formula is C19H29N3O2S. The van der Waals surface area contributed by atoms with Crippen molar-refractivity contribution in [1.29, 1.82) is 0 Å². The maximum Gasteiger partial charge on any atom is 0.193 e. The molecule has 1 spiro atoms. The van der Waals surface area contributed by atoms with Gasteiger partial charge in [0.15, 0.2) is 15.8 Å². The molecule has 2 aliphatic rings. The molecule has 1 N–H and O–H groups in total. The van der Waals surface area contributed by atoms with E-state index < -0.39 is 9.84 Å². The summed E-state index contributed by atoms with van der Waals surface area (Å²) in [6.45, 7) is 5.95. The minimum absolute atomic E-state index is 0.371. The van der Waals surface area contributed by atoms with Crippen molar-refractivity contribution in [3.63, 3.8) is 0 Å². The Morgan fingerprint density at radius 2 is 1.96 bits per heavy atom. The van der Waals surface area contributed by atoms with Gasteiger partial charge in [0.05, 0.1) is 4.90 Å². The van der Waals surface area contributed by atoms with E-state index in [-0.39, 0.29) is 0 Å². The summed E-state index contributed by atoms with van der Waals surface area (Å²) >= 11 is 0. The second-order valence-electron chi connectivity index (χ2n) is 7.43. The number of rotatable bonds is 5. The minimum Gasteiger partial charge on any atom is -0.357 e. The van der Waals surface area contributed by atoms with Crippen molar-refractivity contribution in [2.24, 2.45) is 10.4 Å². The van der Waals surface area contributed by atoms with Gasteiger partial charge in [-0.05, 0) is 55.7 Å². The number of nitrogens with one attached hydrogen (secondary N) is 1. The van der Waals surface area contributed by atoms with Gasteiger partial charge in [-0.3, -0.25) is 4.99 Å². The zero-order valence-corrected chi connectivity index (χ0v) is 16.1. The van der Waals surface area contributed by atoms with Gasteiger partial charge >= 0.3 is 0 Å². The van der Waals surface area contributed by atoms with Crippen LogP contribution in [0.4, 0.5) is 0 Å². The molecule has 1 heterocycles. The van der Waals surface area contributed by atoms with Gasteiger partial charge in [0.25, 0.3) is 0 Å². The Morgan fingerprint density at radius 1 is 1.24 bits per heavy atom. The molecule has 0 unspecified atom stereocenters. The van der Waals surface area contributed by atoms with E-state index in [1.165, 1.54) is 31.9 Å². The van der Waals surface area contributed by atoms with Crippen molar-refractivity contribution < 1.29 is 8.42 Å². The summed E-state index contributed by atoms with van der Waals surface area (Å²) in [6.07, 6.45) is 7.47. The van der Waals surface area contributed by atoms with Crippen molar-refractivity contribution in [2.45, 2.75) is 43.9 Å². The van der Waals surface area contributed by atoms with Crippen LogP contribution < -0.4 is 5.32 Å². The summed E-state index contributed by atoms with van der Waals surface area (Å²) in [5, 5.41) is 3.42. The number of hydrogen-bond acceptors (Lipinski definition) is 3. The summed E-state index contributed by atoms with van der Waals surface area (Å²) in [6, 6.07) is 7.14. The number of aliphatic imine (C=N–C) groups is 1. The smallest absolute Gasteiger partial charge is 0.193 e. The van der Waals surface area contributed by atoms with Crippen LogP contribution in [0.2, 0.25) is 0 Å². The zero-order valence-electron chi connectivity index (χ0n) is 15.3. The molecule has 1 aliphatic heterocycles. The topological polar surface area (TPSA) is 61.8 Å². The average molecular weight is 364 g/mol. The monoisotopic (exact) mass is 363 g/mol. The van der Waals surface area contributed by atoms with Crippen molar-refractivity contribution in [3.8, 4) is 0 Å². The van der Waals surface area contributed by atoms with Crippen LogP contribution in [0.3, 0.4) is 0 Å². The standard InChI is InChI=1S/C19H29N3O2S/c1-3-20-18(22-14-12-19(15-22)10-4-11-19)21-13-9-16-5-7-17(8-6-16)25(2,23)24/h5-8H,3-4,9-15H2,1-2H3,(H,20,21). The third kappa shape index (κ3) is 4.35. The van der Waals surface area contributed by atoms with E-state index in [0.29, 0.717) is 16.9 Å². The fourth-order valence-corrected chi connectivity index (χ4v) is 4.45. The first-order chi connectivity index (χ1) is 11.9. The minimum atomic E-state index is -3.12. The molecule has 3 rings (SSSR count). The van der Waals surface area contributed by atoms with E-state index in [9.17, 15) is 8.42 Å². The summed E-state index contributed by atoms with van der Waals surface area (Å²) < 4.78 is 23.0. The maximum atomic E-state index is 11.5. The Bertz CT molecular complexity index is 722. The lowest BCUT2D eigenvalue weighted by molar-refractivity contribution is 0.151. The Labute approximate surface area is 151 Å². The molecule has 5 nitrogen and oxygen atoms in total. The molecule has 2 fully saturated rings. The maximum absolute atomic E-state index is 11.5. The predicted octanol–water partition coefficient (Wildman–Crippen LogP) is 2.47. The van der Waals surface area contributed by atoms with E-state index in [2.05, 4.69) is 17.1 Å². The average Bonchev–Trinajstić information content (AvgIpc) is 2.99. The van der Waals surface area contributed by atoms with Gasteiger partial charge in [-0.15, -0.1) is 0 Å².